The van der Waals surface area contributed by atoms with Crippen molar-refractivity contribution in [2.75, 3.05) is 10.6 Å². The Labute approximate surface area is 206 Å². The van der Waals surface area contributed by atoms with Crippen LogP contribution in [0.15, 0.2) is 91.0 Å². The molecular formula is C31H28N2O2. The Morgan fingerprint density at radius 1 is 0.800 bits per heavy atom. The lowest BCUT2D eigenvalue weighted by Gasteiger charge is -2.25. The molecule has 0 spiro atoms. The summed E-state index contributed by atoms with van der Waals surface area (Å²) in [6.07, 6.45) is 0. The molecule has 174 valence electrons. The van der Waals surface area contributed by atoms with Crippen molar-refractivity contribution in [1.29, 1.82) is 0 Å². The van der Waals surface area contributed by atoms with Crippen LogP contribution in [-0.2, 0) is 0 Å². The van der Waals surface area contributed by atoms with E-state index in [1.54, 1.807) is 18.2 Å². The molecule has 0 radical (unpaired) electrons. The molecule has 4 aromatic carbocycles. The second-order valence-corrected chi connectivity index (χ2v) is 9.31. The number of nitrogens with two attached hydrogens (primary N) is 1. The van der Waals surface area contributed by atoms with Gasteiger partial charge in [-0.05, 0) is 48.7 Å². The van der Waals surface area contributed by atoms with Crippen molar-refractivity contribution in [1.82, 2.24) is 0 Å². The second-order valence-electron chi connectivity index (χ2n) is 9.31. The van der Waals surface area contributed by atoms with Gasteiger partial charge in [-0.3, -0.25) is 9.59 Å². The zero-order valence-electron chi connectivity index (χ0n) is 20.2. The number of aryl methyl sites for hydroxylation is 1. The Bertz CT molecular complexity index is 1440. The molecule has 0 saturated heterocycles. The second kappa shape index (κ2) is 8.88. The van der Waals surface area contributed by atoms with Crippen LogP contribution in [-0.4, -0.2) is 17.7 Å². The molecule has 0 aliphatic carbocycles. The summed E-state index contributed by atoms with van der Waals surface area (Å²) >= 11 is 0. The lowest BCUT2D eigenvalue weighted by molar-refractivity contribution is 0.0978. The highest BCUT2D eigenvalue weighted by atomic mass is 16.2. The lowest BCUT2D eigenvalue weighted by Crippen LogP contribution is -2.37. The highest BCUT2D eigenvalue weighted by Crippen LogP contribution is 2.41. The first-order valence-electron chi connectivity index (χ1n) is 11.9. The third-order valence-corrected chi connectivity index (χ3v) is 7.11. The third-order valence-electron chi connectivity index (χ3n) is 7.11. The summed E-state index contributed by atoms with van der Waals surface area (Å²) in [6.45, 7) is 6.22. The zero-order chi connectivity index (χ0) is 24.7. The number of hydrogen-bond acceptors (Lipinski definition) is 3. The summed E-state index contributed by atoms with van der Waals surface area (Å²) in [5.74, 6) is -0.0401. The Balaban J connectivity index is 1.48. The van der Waals surface area contributed by atoms with Crippen LogP contribution in [0, 0.1) is 6.92 Å². The minimum Gasteiger partial charge on any atom is -0.398 e. The van der Waals surface area contributed by atoms with Crippen LogP contribution in [0.4, 0.5) is 11.4 Å². The predicted octanol–water partition coefficient (Wildman–Crippen LogP) is 6.63. The molecule has 1 aliphatic rings. The van der Waals surface area contributed by atoms with Crippen molar-refractivity contribution in [3.05, 3.63) is 119 Å². The van der Waals surface area contributed by atoms with Gasteiger partial charge < -0.3 is 10.6 Å². The molecule has 1 amide bonds. The molecule has 4 aromatic rings. The Morgan fingerprint density at radius 3 is 2.23 bits per heavy atom. The van der Waals surface area contributed by atoms with Gasteiger partial charge in [0.25, 0.3) is 5.91 Å². The highest BCUT2D eigenvalue weighted by molar-refractivity contribution is 6.15. The highest BCUT2D eigenvalue weighted by Gasteiger charge is 2.37. The van der Waals surface area contributed by atoms with Crippen molar-refractivity contribution in [2.45, 2.75) is 32.7 Å². The smallest absolute Gasteiger partial charge is 0.260 e. The molecular weight excluding hydrogens is 432 g/mol. The maximum atomic E-state index is 13.6. The average Bonchev–Trinajstić information content (AvgIpc) is 3.13. The maximum Gasteiger partial charge on any atom is 0.260 e. The Hall–Kier alpha value is -4.18. The molecule has 2 unspecified atom stereocenters. The quantitative estimate of drug-likeness (QED) is 0.275. The molecule has 1 heterocycles. The molecule has 0 bridgehead atoms. The molecule has 35 heavy (non-hydrogen) atoms. The molecule has 0 fully saturated rings. The first-order chi connectivity index (χ1) is 16.9. The fourth-order valence-corrected chi connectivity index (χ4v) is 4.94. The van der Waals surface area contributed by atoms with E-state index < -0.39 is 0 Å². The van der Waals surface area contributed by atoms with Gasteiger partial charge in [0.15, 0.2) is 5.78 Å². The largest absolute Gasteiger partial charge is 0.398 e. The van der Waals surface area contributed by atoms with Gasteiger partial charge in [-0.1, -0.05) is 85.3 Å². The number of carbonyl (C=O) groups excluding carboxylic acids is 2. The number of nitrogens with zero attached hydrogens (tertiary/aromatic N) is 1. The summed E-state index contributed by atoms with van der Waals surface area (Å²) < 4.78 is 0. The molecule has 4 heteroatoms. The number of para-hydroxylation sites is 1. The number of hydrogen-bond donors (Lipinski definition) is 1. The van der Waals surface area contributed by atoms with Crippen molar-refractivity contribution < 1.29 is 9.59 Å². The number of benzene rings is 4. The van der Waals surface area contributed by atoms with E-state index in [0.29, 0.717) is 22.4 Å². The minimum atomic E-state index is -0.147. The molecule has 2 atom stereocenters. The zero-order valence-corrected chi connectivity index (χ0v) is 20.2. The van der Waals surface area contributed by atoms with E-state index in [4.69, 9.17) is 5.73 Å². The summed E-state index contributed by atoms with van der Waals surface area (Å²) in [4.78, 5) is 28.9. The van der Waals surface area contributed by atoms with Crippen LogP contribution in [0.25, 0.3) is 11.1 Å². The number of ketones is 1. The first kappa shape index (κ1) is 22.6. The number of carbonyl (C=O) groups is 2. The summed E-state index contributed by atoms with van der Waals surface area (Å²) in [5, 5.41) is 0. The Morgan fingerprint density at radius 2 is 1.49 bits per heavy atom. The van der Waals surface area contributed by atoms with Gasteiger partial charge in [0.05, 0.1) is 5.56 Å². The van der Waals surface area contributed by atoms with Gasteiger partial charge in [-0.25, -0.2) is 0 Å². The Kier molecular flexibility index (Phi) is 5.73. The van der Waals surface area contributed by atoms with Gasteiger partial charge in [-0.2, -0.15) is 0 Å². The molecule has 2 N–H and O–H groups in total. The molecule has 1 aliphatic heterocycles. The molecule has 0 aromatic heterocycles. The van der Waals surface area contributed by atoms with E-state index in [0.717, 1.165) is 27.9 Å². The van der Waals surface area contributed by atoms with Crippen LogP contribution in [0.2, 0.25) is 0 Å². The fraction of sp³-hybridized carbons (Fsp3) is 0.161. The van der Waals surface area contributed by atoms with Crippen LogP contribution < -0.4 is 10.6 Å². The van der Waals surface area contributed by atoms with Crippen molar-refractivity contribution in [3.8, 4) is 11.1 Å². The van der Waals surface area contributed by atoms with Crippen LogP contribution in [0.1, 0.15) is 57.2 Å². The topological polar surface area (TPSA) is 63.4 Å². The van der Waals surface area contributed by atoms with Crippen molar-refractivity contribution in [3.63, 3.8) is 0 Å². The summed E-state index contributed by atoms with van der Waals surface area (Å²) in [5.41, 5.74) is 13.2. The van der Waals surface area contributed by atoms with E-state index in [9.17, 15) is 9.59 Å². The number of nitrogen functional groups attached to an aromatic ring is 1. The van der Waals surface area contributed by atoms with Crippen molar-refractivity contribution in [2.24, 2.45) is 0 Å². The summed E-state index contributed by atoms with van der Waals surface area (Å²) in [7, 11) is 0. The van der Waals surface area contributed by atoms with Crippen LogP contribution in [0.3, 0.4) is 0 Å². The fourth-order valence-electron chi connectivity index (χ4n) is 4.94. The van der Waals surface area contributed by atoms with Gasteiger partial charge in [0.2, 0.25) is 0 Å². The van der Waals surface area contributed by atoms with E-state index in [1.165, 1.54) is 0 Å². The SMILES string of the molecule is Cc1ccc(-c2ccccc2C(=O)c2ccc(C(=O)N3c4ccccc4C(C)C3C)c(N)c2)cc1. The van der Waals surface area contributed by atoms with E-state index in [2.05, 4.69) is 19.9 Å². The average molecular weight is 461 g/mol. The molecule has 4 nitrogen and oxygen atoms in total. The van der Waals surface area contributed by atoms with Crippen LogP contribution >= 0.6 is 0 Å². The number of amides is 1. The van der Waals surface area contributed by atoms with Crippen LogP contribution in [0.5, 0.6) is 0 Å². The minimum absolute atomic E-state index is 0.0157. The van der Waals surface area contributed by atoms with Gasteiger partial charge >= 0.3 is 0 Å². The number of fused-ring (bicyclic) bond motifs is 1. The standard InChI is InChI=1S/C31H28N2O2/c1-19-12-14-22(15-13-19)25-9-4-5-10-26(25)30(34)23-16-17-27(28(32)18-23)31(35)33-21(3)20(2)24-8-6-7-11-29(24)33/h4-18,20-21H,32H2,1-3H3. The van der Waals surface area contributed by atoms with Crippen molar-refractivity contribution >= 4 is 23.1 Å². The number of rotatable bonds is 4. The van der Waals surface area contributed by atoms with Gasteiger partial charge in [0.1, 0.15) is 0 Å². The maximum absolute atomic E-state index is 13.6. The number of anilines is 2. The monoisotopic (exact) mass is 460 g/mol. The third kappa shape index (κ3) is 3.91. The molecule has 5 rings (SSSR count). The normalized spacial score (nSPS) is 16.7. The molecule has 0 saturated carbocycles. The summed E-state index contributed by atoms with van der Waals surface area (Å²) in [6, 6.07) is 28.7. The van der Waals surface area contributed by atoms with Gasteiger partial charge in [-0.15, -0.1) is 0 Å². The first-order valence-corrected chi connectivity index (χ1v) is 11.9. The lowest BCUT2D eigenvalue weighted by atomic mass is 9.93. The van der Waals surface area contributed by atoms with E-state index in [-0.39, 0.29) is 23.7 Å². The van der Waals surface area contributed by atoms with Gasteiger partial charge in [0, 0.05) is 34.5 Å². The van der Waals surface area contributed by atoms with E-state index in [1.807, 2.05) is 78.6 Å². The predicted molar refractivity (Wildman–Crippen MR) is 142 cm³/mol. The van der Waals surface area contributed by atoms with E-state index >= 15 is 0 Å².